The Hall–Kier alpha value is -1.31. The molecule has 0 N–H and O–H groups in total. The summed E-state index contributed by atoms with van der Waals surface area (Å²) in [5.41, 5.74) is 2.43. The minimum absolute atomic E-state index is 0.0850. The second kappa shape index (κ2) is 4.91. The summed E-state index contributed by atoms with van der Waals surface area (Å²) in [5.74, 6) is 1.73. The van der Waals surface area contributed by atoms with E-state index >= 15 is 0 Å². The first-order chi connectivity index (χ1) is 8.06. The van der Waals surface area contributed by atoms with E-state index in [4.69, 9.17) is 4.74 Å². The molecule has 1 aliphatic rings. The molecule has 2 rings (SSSR count). The molecule has 17 heavy (non-hydrogen) atoms. The molecule has 0 spiro atoms. The van der Waals surface area contributed by atoms with Gasteiger partial charge < -0.3 is 4.74 Å². The van der Waals surface area contributed by atoms with Gasteiger partial charge in [-0.05, 0) is 36.5 Å². The molecule has 92 valence electrons. The molecule has 1 atom stereocenters. The summed E-state index contributed by atoms with van der Waals surface area (Å²) in [6.45, 7) is 6.39. The van der Waals surface area contributed by atoms with Crippen LogP contribution in [-0.2, 0) is 4.79 Å². The number of carbonyl (C=O) groups is 1. The second-order valence-corrected chi connectivity index (χ2v) is 5.22. The Balaban J connectivity index is 2.18. The third-order valence-electron chi connectivity index (χ3n) is 3.29. The summed E-state index contributed by atoms with van der Waals surface area (Å²) in [6, 6.07) is 6.33. The third kappa shape index (κ3) is 2.87. The summed E-state index contributed by atoms with van der Waals surface area (Å²) >= 11 is 0. The van der Waals surface area contributed by atoms with E-state index in [1.165, 1.54) is 11.1 Å². The van der Waals surface area contributed by atoms with E-state index in [0.29, 0.717) is 24.5 Å². The Bertz CT molecular complexity index is 421. The van der Waals surface area contributed by atoms with Crippen LogP contribution in [0.4, 0.5) is 0 Å². The van der Waals surface area contributed by atoms with Gasteiger partial charge in [-0.15, -0.1) is 0 Å². The van der Waals surface area contributed by atoms with Crippen LogP contribution in [0.3, 0.4) is 0 Å². The molecule has 1 fully saturated rings. The van der Waals surface area contributed by atoms with Crippen molar-refractivity contribution in [1.82, 2.24) is 0 Å². The molecule has 1 aromatic rings. The Morgan fingerprint density at radius 2 is 2.12 bits per heavy atom. The van der Waals surface area contributed by atoms with Crippen LogP contribution in [0, 0.1) is 6.92 Å². The van der Waals surface area contributed by atoms with Crippen LogP contribution in [0.15, 0.2) is 18.2 Å². The van der Waals surface area contributed by atoms with Crippen LogP contribution in [0.5, 0.6) is 5.75 Å². The predicted molar refractivity (Wildman–Crippen MR) is 68.5 cm³/mol. The summed E-state index contributed by atoms with van der Waals surface area (Å²) in [5, 5.41) is 0. The molecule has 0 aliphatic heterocycles. The van der Waals surface area contributed by atoms with E-state index in [1.54, 1.807) is 0 Å². The molecule has 0 heterocycles. The smallest absolute Gasteiger partial charge is 0.136 e. The maximum absolute atomic E-state index is 11.2. The zero-order valence-corrected chi connectivity index (χ0v) is 10.8. The van der Waals surface area contributed by atoms with Crippen molar-refractivity contribution in [3.05, 3.63) is 29.3 Å². The molecule has 1 saturated carbocycles. The van der Waals surface area contributed by atoms with Crippen LogP contribution in [0.2, 0.25) is 0 Å². The van der Waals surface area contributed by atoms with Gasteiger partial charge in [-0.25, -0.2) is 0 Å². The maximum Gasteiger partial charge on any atom is 0.136 e. The topological polar surface area (TPSA) is 26.3 Å². The molecule has 0 radical (unpaired) electrons. The van der Waals surface area contributed by atoms with E-state index < -0.39 is 0 Å². The quantitative estimate of drug-likeness (QED) is 0.795. The fraction of sp³-hybridized carbons (Fsp3) is 0.533. The number of carbonyl (C=O) groups excluding carboxylic acids is 1. The van der Waals surface area contributed by atoms with E-state index in [9.17, 15) is 4.79 Å². The van der Waals surface area contributed by atoms with Gasteiger partial charge in [0, 0.05) is 12.8 Å². The first kappa shape index (κ1) is 12.2. The molecule has 0 bridgehead atoms. The number of hydrogen-bond acceptors (Lipinski definition) is 2. The van der Waals surface area contributed by atoms with Crippen LogP contribution >= 0.6 is 0 Å². The van der Waals surface area contributed by atoms with Gasteiger partial charge in [0.25, 0.3) is 0 Å². The van der Waals surface area contributed by atoms with Crippen molar-refractivity contribution in [2.75, 3.05) is 0 Å². The van der Waals surface area contributed by atoms with Crippen molar-refractivity contribution in [3.8, 4) is 5.75 Å². The number of Topliss-reactive ketones (excluding diaryl/α,β-unsaturated/α-hetero) is 1. The molecule has 2 heteroatoms. The molecule has 2 nitrogen and oxygen atoms in total. The van der Waals surface area contributed by atoms with E-state index in [1.807, 2.05) is 0 Å². The van der Waals surface area contributed by atoms with Crippen LogP contribution in [-0.4, -0.2) is 11.9 Å². The van der Waals surface area contributed by atoms with Crippen molar-refractivity contribution >= 4 is 5.78 Å². The zero-order chi connectivity index (χ0) is 12.4. The number of ether oxygens (including phenoxy) is 1. The fourth-order valence-corrected chi connectivity index (χ4v) is 2.28. The monoisotopic (exact) mass is 232 g/mol. The van der Waals surface area contributed by atoms with Crippen molar-refractivity contribution in [2.45, 2.75) is 52.1 Å². The van der Waals surface area contributed by atoms with Gasteiger partial charge >= 0.3 is 0 Å². The largest absolute Gasteiger partial charge is 0.490 e. The molecule has 1 aliphatic carbocycles. The highest BCUT2D eigenvalue weighted by atomic mass is 16.5. The number of benzene rings is 1. The van der Waals surface area contributed by atoms with E-state index in [2.05, 4.69) is 39.0 Å². The predicted octanol–water partition coefficient (Wildman–Crippen LogP) is 3.62. The molecule has 0 amide bonds. The molecule has 1 aromatic carbocycles. The molecule has 0 aromatic heterocycles. The fourth-order valence-electron chi connectivity index (χ4n) is 2.28. The van der Waals surface area contributed by atoms with Gasteiger partial charge in [-0.1, -0.05) is 26.0 Å². The normalized spacial score (nSPS) is 20.0. The molecular weight excluding hydrogens is 212 g/mol. The van der Waals surface area contributed by atoms with E-state index in [0.717, 1.165) is 12.2 Å². The molecule has 0 saturated heterocycles. The van der Waals surface area contributed by atoms with Gasteiger partial charge in [0.15, 0.2) is 0 Å². The highest BCUT2D eigenvalue weighted by Gasteiger charge is 2.24. The minimum Gasteiger partial charge on any atom is -0.490 e. The standard InChI is InChI=1S/C15H20O2/c1-10(2)14-7-4-11(3)8-15(14)17-13-6-5-12(16)9-13/h4,7-8,10,13H,5-6,9H2,1-3H3. The van der Waals surface area contributed by atoms with Crippen LogP contribution in [0.1, 0.15) is 50.2 Å². The maximum atomic E-state index is 11.2. The number of ketones is 1. The SMILES string of the molecule is Cc1ccc(C(C)C)c(OC2CCC(=O)C2)c1. The number of rotatable bonds is 3. The molecular formula is C15H20O2. The Morgan fingerprint density at radius 1 is 1.35 bits per heavy atom. The van der Waals surface area contributed by atoms with Crippen LogP contribution < -0.4 is 4.74 Å². The lowest BCUT2D eigenvalue weighted by Crippen LogP contribution is -2.13. The van der Waals surface area contributed by atoms with Gasteiger partial charge in [-0.3, -0.25) is 4.79 Å². The average molecular weight is 232 g/mol. The van der Waals surface area contributed by atoms with Crippen molar-refractivity contribution < 1.29 is 9.53 Å². The van der Waals surface area contributed by atoms with Gasteiger partial charge in [0.05, 0.1) is 0 Å². The lowest BCUT2D eigenvalue weighted by Gasteiger charge is -2.18. The highest BCUT2D eigenvalue weighted by molar-refractivity contribution is 5.81. The van der Waals surface area contributed by atoms with Crippen LogP contribution in [0.25, 0.3) is 0 Å². The summed E-state index contributed by atoms with van der Waals surface area (Å²) < 4.78 is 6.00. The first-order valence-corrected chi connectivity index (χ1v) is 6.35. The lowest BCUT2D eigenvalue weighted by atomic mass is 10.0. The van der Waals surface area contributed by atoms with Gasteiger partial charge in [0.1, 0.15) is 17.6 Å². The average Bonchev–Trinajstić information content (AvgIpc) is 2.63. The number of hydrogen-bond donors (Lipinski definition) is 0. The minimum atomic E-state index is 0.0850. The van der Waals surface area contributed by atoms with Crippen molar-refractivity contribution in [1.29, 1.82) is 0 Å². The number of aryl methyl sites for hydroxylation is 1. The Labute approximate surface area is 103 Å². The van der Waals surface area contributed by atoms with Crippen molar-refractivity contribution in [3.63, 3.8) is 0 Å². The first-order valence-electron chi connectivity index (χ1n) is 6.35. The van der Waals surface area contributed by atoms with Gasteiger partial charge in [-0.2, -0.15) is 0 Å². The van der Waals surface area contributed by atoms with Gasteiger partial charge in [0.2, 0.25) is 0 Å². The second-order valence-electron chi connectivity index (χ2n) is 5.22. The summed E-state index contributed by atoms with van der Waals surface area (Å²) in [7, 11) is 0. The summed E-state index contributed by atoms with van der Waals surface area (Å²) in [6.07, 6.45) is 2.20. The Kier molecular flexibility index (Phi) is 3.51. The summed E-state index contributed by atoms with van der Waals surface area (Å²) in [4.78, 5) is 11.2. The zero-order valence-electron chi connectivity index (χ0n) is 10.8. The molecule has 1 unspecified atom stereocenters. The van der Waals surface area contributed by atoms with Crippen molar-refractivity contribution in [2.24, 2.45) is 0 Å². The highest BCUT2D eigenvalue weighted by Crippen LogP contribution is 2.30. The third-order valence-corrected chi connectivity index (χ3v) is 3.29. The van der Waals surface area contributed by atoms with E-state index in [-0.39, 0.29) is 6.10 Å². The lowest BCUT2D eigenvalue weighted by molar-refractivity contribution is -0.117. The Morgan fingerprint density at radius 3 is 2.71 bits per heavy atom.